The average molecular weight is 296 g/mol. The molecule has 0 aliphatic heterocycles. The van der Waals surface area contributed by atoms with Crippen molar-refractivity contribution in [3.8, 4) is 0 Å². The van der Waals surface area contributed by atoms with Gasteiger partial charge in [-0.1, -0.05) is 53.5 Å². The van der Waals surface area contributed by atoms with Crippen molar-refractivity contribution < 1.29 is 5.48 Å². The highest BCUT2D eigenvalue weighted by molar-refractivity contribution is 6.42. The number of halogens is 2. The molecule has 0 bridgehead atoms. The highest BCUT2D eigenvalue weighted by Crippen LogP contribution is 2.41. The number of nitrogens with two attached hydrogens (primary N) is 1. The molecule has 1 aliphatic carbocycles. The molecule has 98 valence electrons. The number of rotatable bonds is 1. The van der Waals surface area contributed by atoms with Crippen LogP contribution in [0.15, 0.2) is 42.5 Å². The predicted molar refractivity (Wildman–Crippen MR) is 80.9 cm³/mol. The van der Waals surface area contributed by atoms with Gasteiger partial charge < -0.3 is 5.73 Å². The third kappa shape index (κ3) is 2.38. The van der Waals surface area contributed by atoms with Crippen LogP contribution in [0.3, 0.4) is 0 Å². The molecule has 19 heavy (non-hydrogen) atoms. The summed E-state index contributed by atoms with van der Waals surface area (Å²) in [4.78, 5) is 0. The Hall–Kier alpha value is -1.02. The first-order valence-electron chi connectivity index (χ1n) is 7.94. The monoisotopic (exact) mass is 295 g/mol. The summed E-state index contributed by atoms with van der Waals surface area (Å²) in [6, 6.07) is 9.72. The van der Waals surface area contributed by atoms with Gasteiger partial charge in [0.1, 0.15) is 0 Å². The van der Waals surface area contributed by atoms with Crippen LogP contribution in [0.25, 0.3) is 0 Å². The Morgan fingerprint density at radius 1 is 1.11 bits per heavy atom. The molecule has 2 N–H and O–H groups in total. The second kappa shape index (κ2) is 5.16. The topological polar surface area (TPSA) is 26.0 Å². The summed E-state index contributed by atoms with van der Waals surface area (Å²) in [5.74, 6) is -1.39. The van der Waals surface area contributed by atoms with E-state index < -0.39 is 18.3 Å². The van der Waals surface area contributed by atoms with Crippen molar-refractivity contribution in [3.63, 3.8) is 0 Å². The maximum atomic E-state index is 8.96. The lowest BCUT2D eigenvalue weighted by Crippen LogP contribution is -2.20. The van der Waals surface area contributed by atoms with Crippen molar-refractivity contribution in [3.05, 3.63) is 69.2 Å². The van der Waals surface area contributed by atoms with E-state index in [1.165, 1.54) is 0 Å². The zero-order chi connectivity index (χ0) is 17.0. The Morgan fingerprint density at radius 2 is 1.84 bits per heavy atom. The maximum Gasteiger partial charge on any atom is 0.0595 e. The molecule has 3 heteroatoms. The van der Waals surface area contributed by atoms with Crippen molar-refractivity contribution in [2.75, 3.05) is 0 Å². The maximum absolute atomic E-state index is 8.96. The van der Waals surface area contributed by atoms with E-state index in [0.717, 1.165) is 0 Å². The van der Waals surface area contributed by atoms with Gasteiger partial charge in [0.25, 0.3) is 0 Å². The van der Waals surface area contributed by atoms with Gasteiger partial charge in [-0.15, -0.1) is 0 Å². The molecule has 0 amide bonds. The van der Waals surface area contributed by atoms with Crippen LogP contribution in [0.5, 0.6) is 0 Å². The first-order chi connectivity index (χ1) is 10.6. The fourth-order valence-electron chi connectivity index (χ4n) is 2.30. The summed E-state index contributed by atoms with van der Waals surface area (Å²) in [7, 11) is 0. The van der Waals surface area contributed by atoms with Crippen molar-refractivity contribution in [2.24, 2.45) is 5.73 Å². The molecule has 0 saturated heterocycles. The summed E-state index contributed by atoms with van der Waals surface area (Å²) < 4.78 is 33.7. The highest BCUT2D eigenvalue weighted by Gasteiger charge is 2.26. The van der Waals surface area contributed by atoms with Gasteiger partial charge in [0.05, 0.1) is 11.4 Å². The summed E-state index contributed by atoms with van der Waals surface area (Å²) in [6.45, 7) is 0. The van der Waals surface area contributed by atoms with Crippen LogP contribution in [-0.4, -0.2) is 0 Å². The standard InChI is InChI=1S/C16H15Cl2N/c17-14-7-5-10(9-15(14)18)11-6-8-16(19)13-4-2-1-3-12(11)13/h1-5,7,9,11,16H,6,8,19H2/t11-,16-/m1/s1/i8D2,11D,16D. The molecule has 0 fully saturated rings. The molecule has 0 unspecified atom stereocenters. The van der Waals surface area contributed by atoms with Gasteiger partial charge in [0.2, 0.25) is 0 Å². The molecule has 3 rings (SSSR count). The van der Waals surface area contributed by atoms with E-state index in [-0.39, 0.29) is 6.42 Å². The molecule has 2 aromatic rings. The van der Waals surface area contributed by atoms with Gasteiger partial charge in [-0.05, 0) is 41.6 Å². The summed E-state index contributed by atoms with van der Waals surface area (Å²) >= 11 is 12.0. The van der Waals surface area contributed by atoms with E-state index in [2.05, 4.69) is 0 Å². The minimum atomic E-state index is -2.07. The number of benzene rings is 2. The van der Waals surface area contributed by atoms with Crippen LogP contribution < -0.4 is 5.73 Å². The number of hydrogen-bond donors (Lipinski definition) is 1. The zero-order valence-electron chi connectivity index (χ0n) is 14.1. The van der Waals surface area contributed by atoms with Crippen molar-refractivity contribution in [1.82, 2.24) is 0 Å². The van der Waals surface area contributed by atoms with Gasteiger partial charge in [-0.2, -0.15) is 0 Å². The lowest BCUT2D eigenvalue weighted by Gasteiger charge is -2.30. The summed E-state index contributed by atoms with van der Waals surface area (Å²) in [5, 5.41) is 0.684. The van der Waals surface area contributed by atoms with Gasteiger partial charge in [-0.3, -0.25) is 0 Å². The van der Waals surface area contributed by atoms with Crippen molar-refractivity contribution in [2.45, 2.75) is 24.7 Å². The van der Waals surface area contributed by atoms with Crippen molar-refractivity contribution >= 4 is 23.2 Å². The molecule has 0 radical (unpaired) electrons. The second-order valence-electron chi connectivity index (χ2n) is 4.42. The fraction of sp³-hybridized carbons (Fsp3) is 0.250. The molecule has 1 aliphatic rings. The summed E-state index contributed by atoms with van der Waals surface area (Å²) in [5.41, 5.74) is 7.34. The third-order valence-corrected chi connectivity index (χ3v) is 4.01. The highest BCUT2D eigenvalue weighted by atomic mass is 35.5. The Labute approximate surface area is 129 Å². The quantitative estimate of drug-likeness (QED) is 0.794. The van der Waals surface area contributed by atoms with Crippen LogP contribution in [0.1, 0.15) is 46.9 Å². The molecule has 2 atom stereocenters. The third-order valence-electron chi connectivity index (χ3n) is 3.27. The minimum absolute atomic E-state index is 0.241. The van der Waals surface area contributed by atoms with Crippen LogP contribution in [0.4, 0.5) is 0 Å². The SMILES string of the molecule is [2H]C1([2H])C[C@]([2H])(c2ccc(Cl)c(Cl)c2)c2ccccc2[C@]1([2H])N. The van der Waals surface area contributed by atoms with Gasteiger partial charge in [0.15, 0.2) is 0 Å². The molecule has 2 aromatic carbocycles. The Balaban J connectivity index is 2.28. The van der Waals surface area contributed by atoms with E-state index in [4.69, 9.17) is 34.4 Å². The molecule has 0 spiro atoms. The molecular formula is C16H15Cl2N. The lowest BCUT2D eigenvalue weighted by atomic mass is 9.77. The first kappa shape index (κ1) is 9.02. The smallest absolute Gasteiger partial charge is 0.0595 e. The number of fused-ring (bicyclic) bond motifs is 1. The molecule has 1 nitrogen and oxygen atoms in total. The van der Waals surface area contributed by atoms with E-state index in [9.17, 15) is 0 Å². The van der Waals surface area contributed by atoms with E-state index in [1.807, 2.05) is 0 Å². The Bertz CT molecular complexity index is 778. The minimum Gasteiger partial charge on any atom is -0.324 e. The number of hydrogen-bond acceptors (Lipinski definition) is 1. The second-order valence-corrected chi connectivity index (χ2v) is 5.23. The molecule has 0 aromatic heterocycles. The molecular weight excluding hydrogens is 277 g/mol. The average Bonchev–Trinajstić information content (AvgIpc) is 2.48. The fourth-order valence-corrected chi connectivity index (χ4v) is 2.59. The molecule has 0 heterocycles. The van der Waals surface area contributed by atoms with Crippen LogP contribution in [-0.2, 0) is 0 Å². The van der Waals surface area contributed by atoms with E-state index in [1.54, 1.807) is 42.5 Å². The van der Waals surface area contributed by atoms with Crippen molar-refractivity contribution in [1.29, 1.82) is 0 Å². The predicted octanol–water partition coefficient (Wildman–Crippen LogP) is 4.92. The largest absolute Gasteiger partial charge is 0.324 e. The Kier molecular flexibility index (Phi) is 2.45. The van der Waals surface area contributed by atoms with Gasteiger partial charge >= 0.3 is 0 Å². The Morgan fingerprint density at radius 3 is 2.58 bits per heavy atom. The lowest BCUT2D eigenvalue weighted by molar-refractivity contribution is 0.530. The van der Waals surface area contributed by atoms with E-state index in [0.29, 0.717) is 26.7 Å². The van der Waals surface area contributed by atoms with Crippen LogP contribution >= 0.6 is 23.2 Å². The first-order valence-corrected chi connectivity index (χ1v) is 6.70. The van der Waals surface area contributed by atoms with Crippen LogP contribution in [0, 0.1) is 0 Å². The normalized spacial score (nSPS) is 35.5. The van der Waals surface area contributed by atoms with Gasteiger partial charge in [0, 0.05) is 16.0 Å². The van der Waals surface area contributed by atoms with Crippen LogP contribution in [0.2, 0.25) is 10.0 Å². The zero-order valence-corrected chi connectivity index (χ0v) is 11.6. The van der Waals surface area contributed by atoms with E-state index >= 15 is 0 Å². The van der Waals surface area contributed by atoms with Gasteiger partial charge in [-0.25, -0.2) is 0 Å². The summed E-state index contributed by atoms with van der Waals surface area (Å²) in [6.07, 6.45) is -2.32. The molecule has 0 saturated carbocycles.